The zero-order valence-electron chi connectivity index (χ0n) is 11.3. The minimum Gasteiger partial charge on any atom is -0.481 e. The predicted molar refractivity (Wildman–Crippen MR) is 68.9 cm³/mol. The van der Waals surface area contributed by atoms with E-state index in [1.807, 2.05) is 6.92 Å². The maximum atomic E-state index is 12.1. The second kappa shape index (κ2) is 6.23. The second-order valence-corrected chi connectivity index (χ2v) is 5.49. The highest BCUT2D eigenvalue weighted by Gasteiger charge is 2.30. The lowest BCUT2D eigenvalue weighted by Gasteiger charge is -2.32. The number of hydrogen-bond acceptors (Lipinski definition) is 3. The highest BCUT2D eigenvalue weighted by atomic mass is 16.5. The first-order valence-electron chi connectivity index (χ1n) is 6.94. The molecule has 2 N–H and O–H groups in total. The van der Waals surface area contributed by atoms with Crippen LogP contribution in [0, 0.1) is 11.8 Å². The van der Waals surface area contributed by atoms with Crippen LogP contribution < -0.4 is 5.32 Å². The molecule has 0 aromatic rings. The summed E-state index contributed by atoms with van der Waals surface area (Å²) >= 11 is 0. The molecule has 2 aliphatic heterocycles. The van der Waals surface area contributed by atoms with Gasteiger partial charge in [-0.2, -0.15) is 0 Å². The van der Waals surface area contributed by atoms with Crippen molar-refractivity contribution in [3.63, 3.8) is 0 Å². The molecule has 2 saturated heterocycles. The van der Waals surface area contributed by atoms with Crippen molar-refractivity contribution in [1.82, 2.24) is 10.2 Å². The average Bonchev–Trinajstić information content (AvgIpc) is 2.92. The molecule has 6 heteroatoms. The molecule has 0 spiro atoms. The predicted octanol–water partition coefficient (Wildman–Crippen LogP) is 0.918. The fourth-order valence-electron chi connectivity index (χ4n) is 2.71. The Kier molecular flexibility index (Phi) is 4.63. The van der Waals surface area contributed by atoms with Crippen molar-refractivity contribution >= 4 is 12.0 Å². The molecule has 0 aromatic carbocycles. The van der Waals surface area contributed by atoms with Crippen LogP contribution in [0.15, 0.2) is 0 Å². The van der Waals surface area contributed by atoms with Gasteiger partial charge in [-0.15, -0.1) is 0 Å². The molecule has 2 aliphatic rings. The number of carbonyl (C=O) groups is 2. The van der Waals surface area contributed by atoms with Crippen LogP contribution in [0.25, 0.3) is 0 Å². The number of urea groups is 1. The molecular weight excluding hydrogens is 248 g/mol. The summed E-state index contributed by atoms with van der Waals surface area (Å²) < 4.78 is 5.31. The Morgan fingerprint density at radius 3 is 2.84 bits per heavy atom. The minimum absolute atomic E-state index is 0.0696. The van der Waals surface area contributed by atoms with E-state index in [0.29, 0.717) is 32.0 Å². The Labute approximate surface area is 113 Å². The lowest BCUT2D eigenvalue weighted by Crippen LogP contribution is -2.50. The Hall–Kier alpha value is -1.30. The Balaban J connectivity index is 1.83. The van der Waals surface area contributed by atoms with Crippen LogP contribution in [0.5, 0.6) is 0 Å². The monoisotopic (exact) mass is 270 g/mol. The van der Waals surface area contributed by atoms with Crippen LogP contribution in [-0.4, -0.2) is 54.4 Å². The number of aliphatic carboxylic acids is 1. The van der Waals surface area contributed by atoms with Crippen molar-refractivity contribution in [1.29, 1.82) is 0 Å². The Morgan fingerprint density at radius 2 is 2.21 bits per heavy atom. The van der Waals surface area contributed by atoms with Gasteiger partial charge in [0.1, 0.15) is 0 Å². The molecule has 2 heterocycles. The van der Waals surface area contributed by atoms with Gasteiger partial charge in [0.05, 0.1) is 12.5 Å². The summed E-state index contributed by atoms with van der Waals surface area (Å²) in [4.78, 5) is 24.7. The third-order valence-corrected chi connectivity index (χ3v) is 4.08. The van der Waals surface area contributed by atoms with Crippen molar-refractivity contribution in [3.8, 4) is 0 Å². The standard InChI is InChI=1S/C13H22N2O4/c1-9(11-4-6-19-8-11)14-13(18)15-5-2-3-10(7-15)12(16)17/h9-11H,2-8H2,1H3,(H,14,18)(H,16,17)/t9?,10-,11?/m0/s1. The zero-order valence-corrected chi connectivity index (χ0v) is 11.3. The van der Waals surface area contributed by atoms with Crippen LogP contribution in [0.4, 0.5) is 4.79 Å². The number of piperidine rings is 1. The van der Waals surface area contributed by atoms with Gasteiger partial charge in [-0.3, -0.25) is 4.79 Å². The first-order chi connectivity index (χ1) is 9.08. The van der Waals surface area contributed by atoms with Gasteiger partial charge >= 0.3 is 12.0 Å². The topological polar surface area (TPSA) is 78.9 Å². The van der Waals surface area contributed by atoms with Gasteiger partial charge in [0.15, 0.2) is 0 Å². The molecule has 0 aliphatic carbocycles. The molecule has 0 bridgehead atoms. The van der Waals surface area contributed by atoms with Crippen molar-refractivity contribution in [3.05, 3.63) is 0 Å². The summed E-state index contributed by atoms with van der Waals surface area (Å²) in [6, 6.07) is -0.0782. The summed E-state index contributed by atoms with van der Waals surface area (Å²) in [5.41, 5.74) is 0. The van der Waals surface area contributed by atoms with Crippen molar-refractivity contribution in [2.24, 2.45) is 11.8 Å². The quantitative estimate of drug-likeness (QED) is 0.799. The summed E-state index contributed by atoms with van der Waals surface area (Å²) in [7, 11) is 0. The summed E-state index contributed by atoms with van der Waals surface area (Å²) in [5, 5.41) is 12.0. The van der Waals surface area contributed by atoms with Gasteiger partial charge in [-0.05, 0) is 26.2 Å². The summed E-state index contributed by atoms with van der Waals surface area (Å²) in [5.74, 6) is -0.872. The lowest BCUT2D eigenvalue weighted by molar-refractivity contribution is -0.143. The third-order valence-electron chi connectivity index (χ3n) is 4.08. The fraction of sp³-hybridized carbons (Fsp3) is 0.846. The number of likely N-dealkylation sites (tertiary alicyclic amines) is 1. The van der Waals surface area contributed by atoms with E-state index in [2.05, 4.69) is 5.32 Å². The second-order valence-electron chi connectivity index (χ2n) is 5.49. The number of ether oxygens (including phenoxy) is 1. The van der Waals surface area contributed by atoms with Gasteiger partial charge in [-0.25, -0.2) is 4.79 Å². The summed E-state index contributed by atoms with van der Waals surface area (Å²) in [6.45, 7) is 4.39. The molecule has 0 radical (unpaired) electrons. The van der Waals surface area contributed by atoms with E-state index >= 15 is 0 Å². The largest absolute Gasteiger partial charge is 0.481 e. The van der Waals surface area contributed by atoms with E-state index in [0.717, 1.165) is 19.4 Å². The number of rotatable bonds is 3. The number of carboxylic acid groups (broad SMARTS) is 1. The summed E-state index contributed by atoms with van der Waals surface area (Å²) in [6.07, 6.45) is 2.38. The van der Waals surface area contributed by atoms with E-state index in [4.69, 9.17) is 9.84 Å². The van der Waals surface area contributed by atoms with Crippen LogP contribution in [0.2, 0.25) is 0 Å². The number of amides is 2. The highest BCUT2D eigenvalue weighted by molar-refractivity contribution is 5.76. The van der Waals surface area contributed by atoms with Crippen molar-refractivity contribution < 1.29 is 19.4 Å². The average molecular weight is 270 g/mol. The van der Waals surface area contributed by atoms with E-state index in [9.17, 15) is 9.59 Å². The first kappa shape index (κ1) is 14.1. The molecule has 0 aromatic heterocycles. The van der Waals surface area contributed by atoms with E-state index in [1.165, 1.54) is 0 Å². The number of nitrogens with zero attached hydrogens (tertiary/aromatic N) is 1. The molecule has 108 valence electrons. The maximum absolute atomic E-state index is 12.1. The molecule has 2 fully saturated rings. The first-order valence-corrected chi connectivity index (χ1v) is 6.94. The number of carboxylic acids is 1. The number of hydrogen-bond donors (Lipinski definition) is 2. The van der Waals surface area contributed by atoms with E-state index < -0.39 is 11.9 Å². The molecule has 2 amide bonds. The zero-order chi connectivity index (χ0) is 13.8. The molecular formula is C13H22N2O4. The molecule has 19 heavy (non-hydrogen) atoms. The van der Waals surface area contributed by atoms with E-state index in [1.54, 1.807) is 4.90 Å². The van der Waals surface area contributed by atoms with Gasteiger partial charge in [0, 0.05) is 31.7 Å². The SMILES string of the molecule is CC(NC(=O)N1CCC[C@H](C(=O)O)C1)C1CCOC1. The molecule has 3 atom stereocenters. The van der Waals surface area contributed by atoms with Crippen LogP contribution in [0.3, 0.4) is 0 Å². The molecule has 2 rings (SSSR count). The van der Waals surface area contributed by atoms with Crippen molar-refractivity contribution in [2.45, 2.75) is 32.2 Å². The van der Waals surface area contributed by atoms with Gasteiger partial charge in [-0.1, -0.05) is 0 Å². The smallest absolute Gasteiger partial charge is 0.317 e. The fourth-order valence-corrected chi connectivity index (χ4v) is 2.71. The maximum Gasteiger partial charge on any atom is 0.317 e. The van der Waals surface area contributed by atoms with E-state index in [-0.39, 0.29) is 12.1 Å². The minimum atomic E-state index is -0.810. The van der Waals surface area contributed by atoms with Gasteiger partial charge in [0.2, 0.25) is 0 Å². The Morgan fingerprint density at radius 1 is 1.42 bits per heavy atom. The number of nitrogens with one attached hydrogen (secondary N) is 1. The molecule has 0 saturated carbocycles. The highest BCUT2D eigenvalue weighted by Crippen LogP contribution is 2.19. The normalized spacial score (nSPS) is 29.0. The van der Waals surface area contributed by atoms with Crippen LogP contribution in [-0.2, 0) is 9.53 Å². The van der Waals surface area contributed by atoms with Crippen molar-refractivity contribution in [2.75, 3.05) is 26.3 Å². The van der Waals surface area contributed by atoms with Crippen LogP contribution in [0.1, 0.15) is 26.2 Å². The molecule has 6 nitrogen and oxygen atoms in total. The van der Waals surface area contributed by atoms with Gasteiger partial charge < -0.3 is 20.1 Å². The van der Waals surface area contributed by atoms with Gasteiger partial charge in [0.25, 0.3) is 0 Å². The molecule has 2 unspecified atom stereocenters. The third kappa shape index (κ3) is 3.59. The number of carbonyl (C=O) groups excluding carboxylic acids is 1. The Bertz CT molecular complexity index is 342. The lowest BCUT2D eigenvalue weighted by atomic mass is 9.98. The van der Waals surface area contributed by atoms with Crippen LogP contribution >= 0.6 is 0 Å².